The molecular weight excluding hydrogens is 392 g/mol. The maximum absolute atomic E-state index is 12.8. The van der Waals surface area contributed by atoms with Crippen LogP contribution in [-0.4, -0.2) is 45.4 Å². The van der Waals surface area contributed by atoms with Crippen LogP contribution in [0.25, 0.3) is 0 Å². The number of aryl methyl sites for hydroxylation is 2. The number of rotatable bonds is 7. The molecule has 156 valence electrons. The molecule has 0 radical (unpaired) electrons. The van der Waals surface area contributed by atoms with Crippen LogP contribution in [0.4, 0.5) is 5.69 Å². The molecule has 0 aromatic heterocycles. The fourth-order valence-corrected chi connectivity index (χ4v) is 4.71. The number of sulfonamides is 1. The molecule has 0 spiro atoms. The molecule has 8 heteroatoms. The second kappa shape index (κ2) is 8.84. The van der Waals surface area contributed by atoms with Crippen LogP contribution in [0.3, 0.4) is 0 Å². The highest BCUT2D eigenvalue weighted by Crippen LogP contribution is 2.30. The Hall–Kier alpha value is -2.58. The maximum Gasteiger partial charge on any atom is 0.262 e. The van der Waals surface area contributed by atoms with Crippen molar-refractivity contribution in [2.45, 2.75) is 31.6 Å². The molecule has 1 heterocycles. The zero-order valence-electron chi connectivity index (χ0n) is 16.9. The van der Waals surface area contributed by atoms with Gasteiger partial charge in [-0.25, -0.2) is 8.42 Å². The number of ether oxygens (including phenoxy) is 2. The van der Waals surface area contributed by atoms with Gasteiger partial charge in [-0.05, 0) is 68.1 Å². The Morgan fingerprint density at radius 3 is 2.45 bits per heavy atom. The third-order valence-electron chi connectivity index (χ3n) is 5.00. The summed E-state index contributed by atoms with van der Waals surface area (Å²) >= 11 is 0. The molecule has 2 aromatic carbocycles. The molecule has 0 bridgehead atoms. The van der Waals surface area contributed by atoms with Crippen molar-refractivity contribution in [1.82, 2.24) is 4.31 Å². The van der Waals surface area contributed by atoms with Gasteiger partial charge in [-0.2, -0.15) is 4.31 Å². The molecule has 29 heavy (non-hydrogen) atoms. The van der Waals surface area contributed by atoms with Crippen molar-refractivity contribution in [3.63, 3.8) is 0 Å². The first-order chi connectivity index (χ1) is 13.8. The van der Waals surface area contributed by atoms with E-state index in [1.165, 1.54) is 23.5 Å². The van der Waals surface area contributed by atoms with Crippen LogP contribution in [0.2, 0.25) is 0 Å². The molecule has 1 aliphatic heterocycles. The van der Waals surface area contributed by atoms with Gasteiger partial charge in [0.15, 0.2) is 6.61 Å². The Balaban J connectivity index is 1.73. The Labute approximate surface area is 171 Å². The third kappa shape index (κ3) is 4.89. The molecule has 0 saturated carbocycles. The molecule has 0 atom stereocenters. The number of methoxy groups -OCH3 is 1. The number of nitrogens with one attached hydrogen (secondary N) is 1. The highest BCUT2D eigenvalue weighted by molar-refractivity contribution is 7.89. The molecule has 1 amide bonds. The lowest BCUT2D eigenvalue weighted by molar-refractivity contribution is -0.118. The second-order valence-corrected chi connectivity index (χ2v) is 8.99. The van der Waals surface area contributed by atoms with Gasteiger partial charge in [0.2, 0.25) is 10.0 Å². The van der Waals surface area contributed by atoms with Crippen LogP contribution in [-0.2, 0) is 14.8 Å². The minimum Gasteiger partial charge on any atom is -0.495 e. The van der Waals surface area contributed by atoms with Crippen molar-refractivity contribution in [2.75, 3.05) is 32.1 Å². The van der Waals surface area contributed by atoms with Crippen LogP contribution in [0.15, 0.2) is 41.3 Å². The molecule has 0 unspecified atom stereocenters. The monoisotopic (exact) mass is 418 g/mol. The van der Waals surface area contributed by atoms with E-state index in [0.29, 0.717) is 30.3 Å². The fraction of sp³-hybridized carbons (Fsp3) is 0.381. The number of carbonyl (C=O) groups is 1. The fourth-order valence-electron chi connectivity index (χ4n) is 3.16. The molecule has 1 saturated heterocycles. The largest absolute Gasteiger partial charge is 0.495 e. The number of carbonyl (C=O) groups excluding carboxylic acids is 1. The standard InChI is InChI=1S/C21H26N2O5S/c1-15-6-7-17(12-16(15)2)28-14-21(24)22-19-13-18(8-9-20(19)27-3)29(25,26)23-10-4-5-11-23/h6-9,12-13H,4-5,10-11,14H2,1-3H3,(H,22,24). The summed E-state index contributed by atoms with van der Waals surface area (Å²) in [5.74, 6) is 0.572. The van der Waals surface area contributed by atoms with Crippen LogP contribution in [0.5, 0.6) is 11.5 Å². The molecule has 7 nitrogen and oxygen atoms in total. The number of hydrogen-bond donors (Lipinski definition) is 1. The molecular formula is C21H26N2O5S. The number of hydrogen-bond acceptors (Lipinski definition) is 5. The number of amides is 1. The summed E-state index contributed by atoms with van der Waals surface area (Å²) in [6.45, 7) is 4.80. The van der Waals surface area contributed by atoms with Gasteiger partial charge in [0.05, 0.1) is 17.7 Å². The average molecular weight is 419 g/mol. The normalized spacial score (nSPS) is 14.6. The summed E-state index contributed by atoms with van der Waals surface area (Å²) in [6.07, 6.45) is 1.71. The van der Waals surface area contributed by atoms with Gasteiger partial charge in [-0.15, -0.1) is 0 Å². The smallest absolute Gasteiger partial charge is 0.262 e. The lowest BCUT2D eigenvalue weighted by Crippen LogP contribution is -2.28. The molecule has 0 aliphatic carbocycles. The summed E-state index contributed by atoms with van der Waals surface area (Å²) in [7, 11) is -2.13. The molecule has 1 fully saturated rings. The van der Waals surface area contributed by atoms with E-state index in [1.807, 2.05) is 26.0 Å². The Bertz CT molecular complexity index is 998. The summed E-state index contributed by atoms with van der Waals surface area (Å²) in [5, 5.41) is 2.69. The van der Waals surface area contributed by atoms with Crippen LogP contribution in [0, 0.1) is 13.8 Å². The summed E-state index contributed by atoms with van der Waals surface area (Å²) in [5.41, 5.74) is 2.51. The van der Waals surface area contributed by atoms with E-state index in [4.69, 9.17) is 9.47 Å². The van der Waals surface area contributed by atoms with Crippen LogP contribution in [0.1, 0.15) is 24.0 Å². The summed E-state index contributed by atoms with van der Waals surface area (Å²) in [4.78, 5) is 12.5. The summed E-state index contributed by atoms with van der Waals surface area (Å²) < 4.78 is 37.9. The minimum absolute atomic E-state index is 0.130. The lowest BCUT2D eigenvalue weighted by atomic mass is 10.1. The van der Waals surface area contributed by atoms with Crippen molar-refractivity contribution < 1.29 is 22.7 Å². The van der Waals surface area contributed by atoms with E-state index >= 15 is 0 Å². The van der Waals surface area contributed by atoms with Crippen LogP contribution >= 0.6 is 0 Å². The van der Waals surface area contributed by atoms with E-state index in [0.717, 1.165) is 24.0 Å². The topological polar surface area (TPSA) is 84.9 Å². The quantitative estimate of drug-likeness (QED) is 0.747. The lowest BCUT2D eigenvalue weighted by Gasteiger charge is -2.17. The zero-order chi connectivity index (χ0) is 21.0. The molecule has 3 rings (SSSR count). The SMILES string of the molecule is COc1ccc(S(=O)(=O)N2CCCC2)cc1NC(=O)COc1ccc(C)c(C)c1. The van der Waals surface area contributed by atoms with E-state index in [2.05, 4.69) is 5.32 Å². The highest BCUT2D eigenvalue weighted by atomic mass is 32.2. The average Bonchev–Trinajstić information content (AvgIpc) is 3.24. The Morgan fingerprint density at radius 1 is 1.07 bits per heavy atom. The number of anilines is 1. The minimum atomic E-state index is -3.59. The van der Waals surface area contributed by atoms with Crippen LogP contribution < -0.4 is 14.8 Å². The predicted octanol–water partition coefficient (Wildman–Crippen LogP) is 3.11. The maximum atomic E-state index is 12.8. The van der Waals surface area contributed by atoms with Crippen molar-refractivity contribution in [3.8, 4) is 11.5 Å². The Morgan fingerprint density at radius 2 is 1.79 bits per heavy atom. The first-order valence-corrected chi connectivity index (χ1v) is 10.9. The third-order valence-corrected chi connectivity index (χ3v) is 6.89. The van der Waals surface area contributed by atoms with Gasteiger partial charge in [-0.3, -0.25) is 4.79 Å². The number of nitrogens with zero attached hydrogens (tertiary/aromatic N) is 1. The van der Waals surface area contributed by atoms with Crippen molar-refractivity contribution >= 4 is 21.6 Å². The zero-order valence-corrected chi connectivity index (χ0v) is 17.7. The number of benzene rings is 2. The van der Waals surface area contributed by atoms with Gasteiger partial charge in [0, 0.05) is 13.1 Å². The first-order valence-electron chi connectivity index (χ1n) is 9.49. The van der Waals surface area contributed by atoms with E-state index in [-0.39, 0.29) is 11.5 Å². The van der Waals surface area contributed by atoms with Crippen molar-refractivity contribution in [3.05, 3.63) is 47.5 Å². The molecule has 1 N–H and O–H groups in total. The van der Waals surface area contributed by atoms with E-state index < -0.39 is 15.9 Å². The predicted molar refractivity (Wildman–Crippen MR) is 111 cm³/mol. The van der Waals surface area contributed by atoms with Gasteiger partial charge in [0.1, 0.15) is 11.5 Å². The van der Waals surface area contributed by atoms with Gasteiger partial charge >= 0.3 is 0 Å². The van der Waals surface area contributed by atoms with E-state index in [1.54, 1.807) is 12.1 Å². The van der Waals surface area contributed by atoms with Gasteiger partial charge in [-0.1, -0.05) is 6.07 Å². The second-order valence-electron chi connectivity index (χ2n) is 7.06. The van der Waals surface area contributed by atoms with Gasteiger partial charge in [0.25, 0.3) is 5.91 Å². The van der Waals surface area contributed by atoms with Gasteiger partial charge < -0.3 is 14.8 Å². The van der Waals surface area contributed by atoms with Crippen molar-refractivity contribution in [2.24, 2.45) is 0 Å². The first kappa shape index (κ1) is 21.1. The highest BCUT2D eigenvalue weighted by Gasteiger charge is 2.28. The van der Waals surface area contributed by atoms with E-state index in [9.17, 15) is 13.2 Å². The summed E-state index contributed by atoms with van der Waals surface area (Å²) in [6, 6.07) is 10.1. The molecule has 1 aliphatic rings. The van der Waals surface area contributed by atoms with Crippen molar-refractivity contribution in [1.29, 1.82) is 0 Å². The Kier molecular flexibility index (Phi) is 6.44. The molecule has 2 aromatic rings.